The molecule has 1 saturated heterocycles. The molecule has 5 heteroatoms. The number of carbonyl (C=O) groups excluding carboxylic acids is 1. The van der Waals surface area contributed by atoms with Crippen LogP contribution in [0.5, 0.6) is 0 Å². The van der Waals surface area contributed by atoms with Crippen molar-refractivity contribution in [1.82, 2.24) is 0 Å². The van der Waals surface area contributed by atoms with Crippen LogP contribution in [-0.2, 0) is 14.3 Å². The number of nitrogens with zero attached hydrogens (tertiary/aromatic N) is 1. The lowest BCUT2D eigenvalue weighted by molar-refractivity contribution is -0.140. The molecule has 2 rings (SSSR count). The van der Waals surface area contributed by atoms with Crippen LogP contribution in [0.15, 0.2) is 24.3 Å². The molecule has 1 N–H and O–H groups in total. The number of morpholine rings is 1. The summed E-state index contributed by atoms with van der Waals surface area (Å²) in [5.74, 6) is -1.07. The Morgan fingerprint density at radius 1 is 1.53 bits per heavy atom. The van der Waals surface area contributed by atoms with Gasteiger partial charge in [0.25, 0.3) is 5.91 Å². The maximum atomic E-state index is 12.3. The van der Waals surface area contributed by atoms with Gasteiger partial charge in [0.1, 0.15) is 6.10 Å². The van der Waals surface area contributed by atoms with Crippen molar-refractivity contribution < 1.29 is 19.4 Å². The fourth-order valence-corrected chi connectivity index (χ4v) is 2.16. The van der Waals surface area contributed by atoms with Crippen LogP contribution in [0.2, 0.25) is 0 Å². The molecule has 0 radical (unpaired) electrons. The van der Waals surface area contributed by atoms with E-state index in [1.165, 1.54) is 0 Å². The second kappa shape index (κ2) is 5.84. The SMILES string of the molecule is Cc1cccc(N2CCOC(CCC(=O)O)C2=O)c1. The fraction of sp³-hybridized carbons (Fsp3) is 0.429. The standard InChI is InChI=1S/C14H17NO4/c1-10-3-2-4-11(9-10)15-7-8-19-12(14(15)18)5-6-13(16)17/h2-4,9,12H,5-8H2,1H3,(H,16,17). The monoisotopic (exact) mass is 263 g/mol. The summed E-state index contributed by atoms with van der Waals surface area (Å²) in [4.78, 5) is 24.5. The van der Waals surface area contributed by atoms with Crippen molar-refractivity contribution in [1.29, 1.82) is 0 Å². The largest absolute Gasteiger partial charge is 0.481 e. The highest BCUT2D eigenvalue weighted by Crippen LogP contribution is 2.21. The Bertz CT molecular complexity index is 486. The highest BCUT2D eigenvalue weighted by molar-refractivity contribution is 5.97. The van der Waals surface area contributed by atoms with Crippen molar-refractivity contribution >= 4 is 17.6 Å². The van der Waals surface area contributed by atoms with Crippen molar-refractivity contribution in [2.45, 2.75) is 25.9 Å². The van der Waals surface area contributed by atoms with E-state index >= 15 is 0 Å². The molecule has 1 unspecified atom stereocenters. The fourth-order valence-electron chi connectivity index (χ4n) is 2.16. The number of hydrogen-bond donors (Lipinski definition) is 1. The number of aliphatic carboxylic acids is 1. The van der Waals surface area contributed by atoms with Gasteiger partial charge >= 0.3 is 5.97 Å². The molecular weight excluding hydrogens is 246 g/mol. The minimum Gasteiger partial charge on any atom is -0.481 e. The molecule has 1 atom stereocenters. The van der Waals surface area contributed by atoms with Crippen LogP contribution < -0.4 is 4.90 Å². The number of rotatable bonds is 4. The Morgan fingerprint density at radius 3 is 3.00 bits per heavy atom. The first-order valence-corrected chi connectivity index (χ1v) is 6.29. The average Bonchev–Trinajstić information content (AvgIpc) is 2.37. The second-order valence-corrected chi connectivity index (χ2v) is 4.62. The van der Waals surface area contributed by atoms with E-state index in [-0.39, 0.29) is 18.7 Å². The molecule has 5 nitrogen and oxygen atoms in total. The number of ether oxygens (including phenoxy) is 1. The molecule has 1 aromatic carbocycles. The Morgan fingerprint density at radius 2 is 2.32 bits per heavy atom. The third-order valence-corrected chi connectivity index (χ3v) is 3.11. The smallest absolute Gasteiger partial charge is 0.303 e. The Labute approximate surface area is 111 Å². The maximum Gasteiger partial charge on any atom is 0.303 e. The van der Waals surface area contributed by atoms with Gasteiger partial charge in [0.15, 0.2) is 0 Å². The van der Waals surface area contributed by atoms with Crippen molar-refractivity contribution in [2.24, 2.45) is 0 Å². The Hall–Kier alpha value is -1.88. The molecule has 1 fully saturated rings. The lowest BCUT2D eigenvalue weighted by atomic mass is 10.1. The van der Waals surface area contributed by atoms with Crippen LogP contribution in [-0.4, -0.2) is 36.2 Å². The summed E-state index contributed by atoms with van der Waals surface area (Å²) in [6, 6.07) is 7.69. The molecule has 0 aromatic heterocycles. The maximum absolute atomic E-state index is 12.3. The van der Waals surface area contributed by atoms with Crippen molar-refractivity contribution in [3.63, 3.8) is 0 Å². The lowest BCUT2D eigenvalue weighted by Crippen LogP contribution is -2.48. The summed E-state index contributed by atoms with van der Waals surface area (Å²) < 4.78 is 5.37. The van der Waals surface area contributed by atoms with E-state index in [4.69, 9.17) is 9.84 Å². The molecular formula is C14H17NO4. The van der Waals surface area contributed by atoms with E-state index in [0.717, 1.165) is 11.3 Å². The van der Waals surface area contributed by atoms with Gasteiger partial charge in [-0.1, -0.05) is 12.1 Å². The number of carboxylic acid groups (broad SMARTS) is 1. The number of anilines is 1. The van der Waals surface area contributed by atoms with Gasteiger partial charge in [0, 0.05) is 18.7 Å². The number of hydrogen-bond acceptors (Lipinski definition) is 3. The van der Waals surface area contributed by atoms with E-state index in [9.17, 15) is 9.59 Å². The normalized spacial score (nSPS) is 19.5. The summed E-state index contributed by atoms with van der Waals surface area (Å²) in [7, 11) is 0. The van der Waals surface area contributed by atoms with Crippen molar-refractivity contribution in [3.05, 3.63) is 29.8 Å². The zero-order valence-electron chi connectivity index (χ0n) is 10.8. The first-order valence-electron chi connectivity index (χ1n) is 6.29. The Balaban J connectivity index is 2.09. The van der Waals surface area contributed by atoms with Gasteiger partial charge in [-0.2, -0.15) is 0 Å². The van der Waals surface area contributed by atoms with E-state index in [0.29, 0.717) is 13.2 Å². The quantitative estimate of drug-likeness (QED) is 0.895. The predicted molar refractivity (Wildman–Crippen MR) is 70.1 cm³/mol. The van der Waals surface area contributed by atoms with Gasteiger partial charge in [0.2, 0.25) is 0 Å². The summed E-state index contributed by atoms with van der Waals surface area (Å²) >= 11 is 0. The zero-order valence-corrected chi connectivity index (χ0v) is 10.8. The topological polar surface area (TPSA) is 66.8 Å². The molecule has 0 bridgehead atoms. The van der Waals surface area contributed by atoms with E-state index in [1.54, 1.807) is 4.90 Å². The molecule has 0 spiro atoms. The van der Waals surface area contributed by atoms with Gasteiger partial charge in [-0.3, -0.25) is 9.59 Å². The Kier molecular flexibility index (Phi) is 4.16. The molecule has 1 heterocycles. The number of benzene rings is 1. The minimum atomic E-state index is -0.913. The minimum absolute atomic E-state index is 0.0575. The summed E-state index contributed by atoms with van der Waals surface area (Å²) in [5, 5.41) is 8.67. The molecule has 1 aromatic rings. The van der Waals surface area contributed by atoms with E-state index in [1.807, 2.05) is 31.2 Å². The number of carbonyl (C=O) groups is 2. The van der Waals surface area contributed by atoms with Gasteiger partial charge in [-0.15, -0.1) is 0 Å². The van der Waals surface area contributed by atoms with Gasteiger partial charge in [-0.25, -0.2) is 0 Å². The van der Waals surface area contributed by atoms with Crippen LogP contribution in [0.4, 0.5) is 5.69 Å². The first kappa shape index (κ1) is 13.5. The van der Waals surface area contributed by atoms with Gasteiger partial charge in [0.05, 0.1) is 6.61 Å². The first-order chi connectivity index (χ1) is 9.08. The third-order valence-electron chi connectivity index (χ3n) is 3.11. The predicted octanol–water partition coefficient (Wildman–Crippen LogP) is 1.59. The molecule has 1 aliphatic heterocycles. The summed E-state index contributed by atoms with van der Waals surface area (Å²) in [6.07, 6.45) is -0.487. The number of carboxylic acids is 1. The lowest BCUT2D eigenvalue weighted by Gasteiger charge is -2.32. The zero-order chi connectivity index (χ0) is 13.8. The molecule has 19 heavy (non-hydrogen) atoms. The highest BCUT2D eigenvalue weighted by Gasteiger charge is 2.30. The number of aryl methyl sites for hydroxylation is 1. The average molecular weight is 263 g/mol. The number of amides is 1. The molecule has 1 amide bonds. The molecule has 102 valence electrons. The molecule has 0 aliphatic carbocycles. The van der Waals surface area contributed by atoms with Crippen LogP contribution in [0, 0.1) is 6.92 Å². The van der Waals surface area contributed by atoms with E-state index < -0.39 is 12.1 Å². The van der Waals surface area contributed by atoms with Crippen LogP contribution in [0.3, 0.4) is 0 Å². The van der Waals surface area contributed by atoms with Crippen LogP contribution in [0.1, 0.15) is 18.4 Å². The second-order valence-electron chi connectivity index (χ2n) is 4.62. The van der Waals surface area contributed by atoms with Crippen LogP contribution in [0.25, 0.3) is 0 Å². The van der Waals surface area contributed by atoms with Gasteiger partial charge in [-0.05, 0) is 31.0 Å². The van der Waals surface area contributed by atoms with E-state index in [2.05, 4.69) is 0 Å². The highest BCUT2D eigenvalue weighted by atomic mass is 16.5. The molecule has 1 aliphatic rings. The summed E-state index contributed by atoms with van der Waals surface area (Å²) in [6.45, 7) is 2.91. The van der Waals surface area contributed by atoms with Crippen molar-refractivity contribution in [2.75, 3.05) is 18.1 Å². The van der Waals surface area contributed by atoms with Crippen LogP contribution >= 0.6 is 0 Å². The summed E-state index contributed by atoms with van der Waals surface area (Å²) in [5.41, 5.74) is 1.92. The molecule has 0 saturated carbocycles. The third kappa shape index (κ3) is 3.32. The van der Waals surface area contributed by atoms with Crippen molar-refractivity contribution in [3.8, 4) is 0 Å². The van der Waals surface area contributed by atoms with Gasteiger partial charge < -0.3 is 14.7 Å².